The molecule has 0 radical (unpaired) electrons. The molecule has 0 aliphatic heterocycles. The highest BCUT2D eigenvalue weighted by molar-refractivity contribution is 8.03. The molecule has 1 N–H and O–H groups in total. The number of amides is 1. The topological polar surface area (TPSA) is 76.5 Å². The van der Waals surface area contributed by atoms with Crippen molar-refractivity contribution in [3.8, 4) is 5.75 Å². The van der Waals surface area contributed by atoms with Crippen molar-refractivity contribution in [1.29, 1.82) is 0 Å². The summed E-state index contributed by atoms with van der Waals surface area (Å²) in [4.78, 5) is 12.1. The second kappa shape index (κ2) is 11.8. The minimum absolute atomic E-state index is 0.192. The summed E-state index contributed by atoms with van der Waals surface area (Å²) in [6.07, 6.45) is 1.60. The molecule has 0 spiro atoms. The Labute approximate surface area is 204 Å². The monoisotopic (exact) mass is 494 g/mol. The Morgan fingerprint density at radius 3 is 2.61 bits per heavy atom. The van der Waals surface area contributed by atoms with Crippen molar-refractivity contribution < 1.29 is 9.53 Å². The highest BCUT2D eigenvalue weighted by Crippen LogP contribution is 2.32. The van der Waals surface area contributed by atoms with E-state index >= 15 is 0 Å². The zero-order valence-corrected chi connectivity index (χ0v) is 20.4. The smallest absolute Gasteiger partial charge is 0.250 e. The minimum Gasteiger partial charge on any atom is -0.494 e. The van der Waals surface area contributed by atoms with Crippen molar-refractivity contribution in [2.24, 2.45) is 5.10 Å². The fraction of sp³-hybridized carbons (Fsp3) is 0.167. The lowest BCUT2D eigenvalue weighted by atomic mass is 10.1. The van der Waals surface area contributed by atoms with Crippen molar-refractivity contribution in [3.05, 3.63) is 77.9 Å². The number of carbonyl (C=O) groups is 1. The first-order chi connectivity index (χ1) is 16.2. The average Bonchev–Trinajstić information content (AvgIpc) is 3.30. The van der Waals surface area contributed by atoms with Crippen LogP contribution in [0.15, 0.2) is 80.5 Å². The van der Waals surface area contributed by atoms with Gasteiger partial charge in [-0.2, -0.15) is 5.10 Å². The molecule has 9 heteroatoms. The minimum atomic E-state index is -0.192. The third-order valence-electron chi connectivity index (χ3n) is 4.54. The third kappa shape index (κ3) is 6.80. The van der Waals surface area contributed by atoms with Crippen molar-refractivity contribution in [2.75, 3.05) is 12.4 Å². The van der Waals surface area contributed by atoms with Crippen molar-refractivity contribution >= 4 is 57.8 Å². The number of benzene rings is 3. The van der Waals surface area contributed by atoms with E-state index in [4.69, 9.17) is 4.74 Å². The maximum absolute atomic E-state index is 12.1. The van der Waals surface area contributed by atoms with Gasteiger partial charge in [0.2, 0.25) is 0 Å². The number of nitrogens with one attached hydrogen (secondary N) is 1. The molecule has 0 unspecified atom stereocenters. The molecule has 4 rings (SSSR count). The van der Waals surface area contributed by atoms with Gasteiger partial charge in [0.1, 0.15) is 5.75 Å². The molecule has 0 fully saturated rings. The van der Waals surface area contributed by atoms with Gasteiger partial charge in [-0.25, -0.2) is 5.43 Å². The molecule has 0 saturated carbocycles. The predicted molar refractivity (Wildman–Crippen MR) is 137 cm³/mol. The summed E-state index contributed by atoms with van der Waals surface area (Å²) in [7, 11) is 0. The van der Waals surface area contributed by atoms with Crippen LogP contribution in [0.2, 0.25) is 0 Å². The number of hydrazone groups is 1. The average molecular weight is 495 g/mol. The highest BCUT2D eigenvalue weighted by atomic mass is 32.2. The van der Waals surface area contributed by atoms with Crippen LogP contribution in [0.25, 0.3) is 10.8 Å². The zero-order chi connectivity index (χ0) is 22.9. The van der Waals surface area contributed by atoms with Gasteiger partial charge in [0.05, 0.1) is 18.6 Å². The van der Waals surface area contributed by atoms with E-state index in [1.54, 1.807) is 18.0 Å². The Kier molecular flexibility index (Phi) is 8.35. The molecule has 0 aliphatic carbocycles. The van der Waals surface area contributed by atoms with E-state index in [1.165, 1.54) is 39.4 Å². The predicted octanol–water partition coefficient (Wildman–Crippen LogP) is 5.62. The van der Waals surface area contributed by atoms with Crippen LogP contribution < -0.4 is 10.2 Å². The van der Waals surface area contributed by atoms with E-state index in [1.807, 2.05) is 31.2 Å². The Balaban J connectivity index is 1.22. The van der Waals surface area contributed by atoms with Crippen LogP contribution in [0.3, 0.4) is 0 Å². The van der Waals surface area contributed by atoms with E-state index in [-0.39, 0.29) is 11.7 Å². The molecule has 4 aromatic rings. The van der Waals surface area contributed by atoms with Gasteiger partial charge < -0.3 is 4.74 Å². The molecule has 1 heterocycles. The Morgan fingerprint density at radius 2 is 1.79 bits per heavy atom. The van der Waals surface area contributed by atoms with Gasteiger partial charge >= 0.3 is 0 Å². The van der Waals surface area contributed by atoms with Gasteiger partial charge in [-0.15, -0.1) is 10.2 Å². The molecular weight excluding hydrogens is 472 g/mol. The fourth-order valence-electron chi connectivity index (χ4n) is 3.03. The summed E-state index contributed by atoms with van der Waals surface area (Å²) in [6.45, 7) is 2.57. The van der Waals surface area contributed by atoms with Crippen molar-refractivity contribution in [1.82, 2.24) is 15.6 Å². The normalized spacial score (nSPS) is 11.2. The molecule has 0 saturated heterocycles. The number of hydrogen-bond donors (Lipinski definition) is 1. The molecular formula is C24H22N4O2S3. The number of fused-ring (bicyclic) bond motifs is 1. The first kappa shape index (κ1) is 23.3. The second-order valence-corrected chi connectivity index (χ2v) is 10.3. The largest absolute Gasteiger partial charge is 0.494 e. The van der Waals surface area contributed by atoms with Crippen LogP contribution in [0, 0.1) is 0 Å². The summed E-state index contributed by atoms with van der Waals surface area (Å²) in [5, 5.41) is 14.9. The number of rotatable bonds is 10. The standard InChI is InChI=1S/C24H22N4O2S3/c1-2-30-20-12-10-17(11-13-20)14-25-26-22(29)16-32-24-28-27-23(33-24)31-15-19-8-5-7-18-6-3-4-9-21(18)19/h3-14H,2,15-16H2,1H3,(H,26,29)/b25-14+. The van der Waals surface area contributed by atoms with Gasteiger partial charge in [0, 0.05) is 5.75 Å². The zero-order valence-electron chi connectivity index (χ0n) is 17.9. The van der Waals surface area contributed by atoms with Crippen LogP contribution in [-0.4, -0.2) is 34.7 Å². The quantitative estimate of drug-likeness (QED) is 0.175. The number of nitrogens with zero attached hydrogens (tertiary/aromatic N) is 3. The number of hydrogen-bond acceptors (Lipinski definition) is 8. The maximum Gasteiger partial charge on any atom is 0.250 e. The van der Waals surface area contributed by atoms with Crippen molar-refractivity contribution in [3.63, 3.8) is 0 Å². The lowest BCUT2D eigenvalue weighted by Gasteiger charge is -2.04. The Morgan fingerprint density at radius 1 is 1.03 bits per heavy atom. The summed E-state index contributed by atoms with van der Waals surface area (Å²) >= 11 is 4.51. The van der Waals surface area contributed by atoms with Crippen molar-refractivity contribution in [2.45, 2.75) is 21.4 Å². The molecule has 33 heavy (non-hydrogen) atoms. The van der Waals surface area contributed by atoms with Crippen LogP contribution in [0.4, 0.5) is 0 Å². The third-order valence-corrected chi connectivity index (χ3v) is 7.78. The van der Waals surface area contributed by atoms with Crippen LogP contribution in [0.5, 0.6) is 5.75 Å². The molecule has 1 amide bonds. The van der Waals surface area contributed by atoms with E-state index < -0.39 is 0 Å². The SMILES string of the molecule is CCOc1ccc(/C=N/NC(=O)CSc2nnc(SCc3cccc4ccccc34)s2)cc1. The second-order valence-electron chi connectivity index (χ2n) is 6.84. The highest BCUT2D eigenvalue weighted by Gasteiger charge is 2.09. The lowest BCUT2D eigenvalue weighted by molar-refractivity contribution is -0.118. The first-order valence-corrected chi connectivity index (χ1v) is 13.1. The molecule has 0 aliphatic rings. The van der Waals surface area contributed by atoms with Gasteiger partial charge in [-0.3, -0.25) is 4.79 Å². The van der Waals surface area contributed by atoms with Gasteiger partial charge in [-0.05, 0) is 53.1 Å². The molecule has 168 valence electrons. The maximum atomic E-state index is 12.1. The molecule has 6 nitrogen and oxygen atoms in total. The Hall–Kier alpha value is -2.88. The van der Waals surface area contributed by atoms with Gasteiger partial charge in [-0.1, -0.05) is 77.3 Å². The number of ether oxygens (including phenoxy) is 1. The van der Waals surface area contributed by atoms with E-state index in [9.17, 15) is 4.79 Å². The Bertz CT molecular complexity index is 1240. The summed E-state index contributed by atoms with van der Waals surface area (Å²) in [5.41, 5.74) is 4.69. The fourth-order valence-corrected chi connectivity index (χ4v) is 5.84. The molecule has 3 aromatic carbocycles. The van der Waals surface area contributed by atoms with E-state index in [0.717, 1.165) is 25.7 Å². The van der Waals surface area contributed by atoms with E-state index in [2.05, 4.69) is 63.2 Å². The molecule has 0 atom stereocenters. The number of aromatic nitrogens is 2. The molecule has 1 aromatic heterocycles. The van der Waals surface area contributed by atoms with Crippen LogP contribution >= 0.6 is 34.9 Å². The van der Waals surface area contributed by atoms with Gasteiger partial charge in [0.15, 0.2) is 8.68 Å². The van der Waals surface area contributed by atoms with Crippen LogP contribution in [0.1, 0.15) is 18.1 Å². The summed E-state index contributed by atoms with van der Waals surface area (Å²) < 4.78 is 7.06. The number of carbonyl (C=O) groups excluding carboxylic acids is 1. The van der Waals surface area contributed by atoms with Crippen LogP contribution in [-0.2, 0) is 10.5 Å². The summed E-state index contributed by atoms with van der Waals surface area (Å²) in [6, 6.07) is 22.2. The summed E-state index contributed by atoms with van der Waals surface area (Å²) in [5.74, 6) is 1.66. The lowest BCUT2D eigenvalue weighted by Crippen LogP contribution is -2.19. The van der Waals surface area contributed by atoms with E-state index in [0.29, 0.717) is 6.61 Å². The molecule has 0 bridgehead atoms. The first-order valence-electron chi connectivity index (χ1n) is 10.3. The van der Waals surface area contributed by atoms with Gasteiger partial charge in [0.25, 0.3) is 5.91 Å². The number of thioether (sulfide) groups is 2.